The quantitative estimate of drug-likeness (QED) is 0.713. The van der Waals surface area contributed by atoms with Crippen LogP contribution in [0.1, 0.15) is 19.6 Å². The average Bonchev–Trinajstić information content (AvgIpc) is 3.10. The van der Waals surface area contributed by atoms with Crippen LogP contribution in [0.3, 0.4) is 0 Å². The van der Waals surface area contributed by atoms with Gasteiger partial charge in [0, 0.05) is 5.02 Å². The molecule has 0 saturated heterocycles. The number of ether oxygens (including phenoxy) is 1. The van der Waals surface area contributed by atoms with Crippen LogP contribution in [0.5, 0.6) is 5.75 Å². The summed E-state index contributed by atoms with van der Waals surface area (Å²) in [5.74, 6) is 0.147. The van der Waals surface area contributed by atoms with Crippen molar-refractivity contribution in [2.24, 2.45) is 5.92 Å². The van der Waals surface area contributed by atoms with E-state index in [2.05, 4.69) is 10.6 Å². The summed E-state index contributed by atoms with van der Waals surface area (Å²) in [6.07, 6.45) is 1.53. The van der Waals surface area contributed by atoms with Gasteiger partial charge in [-0.2, -0.15) is 0 Å². The number of amides is 2. The van der Waals surface area contributed by atoms with Crippen LogP contribution in [0.2, 0.25) is 10.0 Å². The molecule has 0 aliphatic heterocycles. The van der Waals surface area contributed by atoms with Crippen molar-refractivity contribution >= 4 is 35.0 Å². The Kier molecular flexibility index (Phi) is 7.36. The third-order valence-corrected chi connectivity index (χ3v) is 4.07. The first-order valence-corrected chi connectivity index (χ1v) is 8.79. The first kappa shape index (κ1) is 20.1. The van der Waals surface area contributed by atoms with Crippen molar-refractivity contribution < 1.29 is 18.7 Å². The molecule has 2 amide bonds. The molecule has 0 radical (unpaired) electrons. The van der Waals surface area contributed by atoms with Crippen LogP contribution >= 0.6 is 23.2 Å². The maximum Gasteiger partial charge on any atom is 0.258 e. The number of carbonyl (C=O) groups is 2. The van der Waals surface area contributed by atoms with E-state index in [4.69, 9.17) is 32.4 Å². The molecular formula is C18H20Cl2N2O4. The second-order valence-electron chi connectivity index (χ2n) is 5.95. The maximum absolute atomic E-state index is 12.3. The topological polar surface area (TPSA) is 80.6 Å². The van der Waals surface area contributed by atoms with Crippen molar-refractivity contribution in [2.45, 2.75) is 26.4 Å². The van der Waals surface area contributed by atoms with Gasteiger partial charge in [0.1, 0.15) is 17.6 Å². The van der Waals surface area contributed by atoms with Gasteiger partial charge in [0.05, 0.1) is 17.8 Å². The third kappa shape index (κ3) is 5.97. The molecule has 2 rings (SSSR count). The minimum absolute atomic E-state index is 0.102. The molecule has 0 bridgehead atoms. The lowest BCUT2D eigenvalue weighted by Crippen LogP contribution is -2.50. The van der Waals surface area contributed by atoms with E-state index < -0.39 is 11.9 Å². The van der Waals surface area contributed by atoms with Gasteiger partial charge in [0.25, 0.3) is 5.91 Å². The summed E-state index contributed by atoms with van der Waals surface area (Å²) in [4.78, 5) is 24.5. The van der Waals surface area contributed by atoms with E-state index in [-0.39, 0.29) is 25.0 Å². The fourth-order valence-electron chi connectivity index (χ4n) is 2.18. The van der Waals surface area contributed by atoms with E-state index in [9.17, 15) is 9.59 Å². The van der Waals surface area contributed by atoms with Gasteiger partial charge >= 0.3 is 0 Å². The Morgan fingerprint density at radius 3 is 2.62 bits per heavy atom. The molecule has 0 fully saturated rings. The van der Waals surface area contributed by atoms with E-state index >= 15 is 0 Å². The summed E-state index contributed by atoms with van der Waals surface area (Å²) in [6, 6.07) is 7.51. The van der Waals surface area contributed by atoms with E-state index in [1.807, 2.05) is 13.8 Å². The zero-order chi connectivity index (χ0) is 19.1. The van der Waals surface area contributed by atoms with Gasteiger partial charge in [-0.05, 0) is 36.2 Å². The second kappa shape index (κ2) is 9.50. The van der Waals surface area contributed by atoms with Crippen LogP contribution in [-0.4, -0.2) is 24.5 Å². The Labute approximate surface area is 161 Å². The highest BCUT2D eigenvalue weighted by Crippen LogP contribution is 2.27. The Morgan fingerprint density at radius 1 is 1.23 bits per heavy atom. The average molecular weight is 399 g/mol. The number of halogens is 2. The summed E-state index contributed by atoms with van der Waals surface area (Å²) in [7, 11) is 0. The molecule has 1 atom stereocenters. The summed E-state index contributed by atoms with van der Waals surface area (Å²) >= 11 is 11.8. The lowest BCUT2D eigenvalue weighted by atomic mass is 10.0. The molecule has 0 saturated carbocycles. The molecule has 0 aliphatic carbocycles. The molecule has 2 aromatic rings. The van der Waals surface area contributed by atoms with Crippen LogP contribution < -0.4 is 15.4 Å². The van der Waals surface area contributed by atoms with Crippen LogP contribution in [0.25, 0.3) is 0 Å². The third-order valence-electron chi connectivity index (χ3n) is 3.54. The number of furan rings is 1. The standard InChI is InChI=1S/C18H20Cl2N2O4/c1-11(2)17(18(24)21-9-13-4-3-7-25-13)22-16(23)10-26-15-6-5-12(19)8-14(15)20/h3-8,11,17H,9-10H2,1-2H3,(H,21,24)(H,22,23)/t17-/m0/s1. The molecular weight excluding hydrogens is 379 g/mol. The lowest BCUT2D eigenvalue weighted by molar-refractivity contribution is -0.131. The van der Waals surface area contributed by atoms with Gasteiger partial charge in [0.15, 0.2) is 6.61 Å². The molecule has 1 aromatic carbocycles. The first-order valence-electron chi connectivity index (χ1n) is 8.04. The molecule has 8 heteroatoms. The normalized spacial score (nSPS) is 11.9. The molecule has 140 valence electrons. The van der Waals surface area contributed by atoms with Crippen molar-refractivity contribution in [1.82, 2.24) is 10.6 Å². The van der Waals surface area contributed by atoms with Crippen molar-refractivity contribution in [2.75, 3.05) is 6.61 Å². The molecule has 1 heterocycles. The van der Waals surface area contributed by atoms with Gasteiger partial charge in [-0.3, -0.25) is 9.59 Å². The highest BCUT2D eigenvalue weighted by Gasteiger charge is 2.24. The fourth-order valence-corrected chi connectivity index (χ4v) is 2.65. The Bertz CT molecular complexity index is 748. The fraction of sp³-hybridized carbons (Fsp3) is 0.333. The molecule has 0 spiro atoms. The Hall–Kier alpha value is -2.18. The smallest absolute Gasteiger partial charge is 0.258 e. The van der Waals surface area contributed by atoms with Gasteiger partial charge < -0.3 is 19.8 Å². The van der Waals surface area contributed by atoms with Crippen molar-refractivity contribution in [1.29, 1.82) is 0 Å². The summed E-state index contributed by atoms with van der Waals surface area (Å²) in [6.45, 7) is 3.67. The van der Waals surface area contributed by atoms with Crippen LogP contribution in [-0.2, 0) is 16.1 Å². The van der Waals surface area contributed by atoms with Crippen LogP contribution in [0, 0.1) is 5.92 Å². The van der Waals surface area contributed by atoms with Gasteiger partial charge in [0.2, 0.25) is 5.91 Å². The highest BCUT2D eigenvalue weighted by atomic mass is 35.5. The Balaban J connectivity index is 1.87. The van der Waals surface area contributed by atoms with Crippen molar-refractivity contribution in [3.63, 3.8) is 0 Å². The molecule has 0 unspecified atom stereocenters. The number of hydrogen-bond donors (Lipinski definition) is 2. The SMILES string of the molecule is CC(C)[C@H](NC(=O)COc1ccc(Cl)cc1Cl)C(=O)NCc1ccco1. The zero-order valence-corrected chi connectivity index (χ0v) is 15.9. The first-order chi connectivity index (χ1) is 12.4. The van der Waals surface area contributed by atoms with E-state index in [1.165, 1.54) is 12.3 Å². The van der Waals surface area contributed by atoms with Gasteiger partial charge in [-0.15, -0.1) is 0 Å². The molecule has 6 nitrogen and oxygen atoms in total. The summed E-state index contributed by atoms with van der Waals surface area (Å²) < 4.78 is 10.6. The van der Waals surface area contributed by atoms with Crippen LogP contribution in [0.15, 0.2) is 41.0 Å². The number of nitrogens with one attached hydrogen (secondary N) is 2. The number of carbonyl (C=O) groups excluding carboxylic acids is 2. The van der Waals surface area contributed by atoms with Crippen LogP contribution in [0.4, 0.5) is 0 Å². The molecule has 2 N–H and O–H groups in total. The highest BCUT2D eigenvalue weighted by molar-refractivity contribution is 6.35. The van der Waals surface area contributed by atoms with Gasteiger partial charge in [-0.1, -0.05) is 37.0 Å². The largest absolute Gasteiger partial charge is 0.482 e. The molecule has 26 heavy (non-hydrogen) atoms. The molecule has 0 aliphatic rings. The van der Waals surface area contributed by atoms with E-state index in [0.29, 0.717) is 21.6 Å². The minimum atomic E-state index is -0.693. The summed E-state index contributed by atoms with van der Waals surface area (Å²) in [5.41, 5.74) is 0. The molecule has 1 aromatic heterocycles. The number of rotatable bonds is 8. The van der Waals surface area contributed by atoms with E-state index in [0.717, 1.165) is 0 Å². The number of benzene rings is 1. The minimum Gasteiger partial charge on any atom is -0.482 e. The Morgan fingerprint density at radius 2 is 2.00 bits per heavy atom. The summed E-state index contributed by atoms with van der Waals surface area (Å²) in [5, 5.41) is 6.19. The van der Waals surface area contributed by atoms with Gasteiger partial charge in [-0.25, -0.2) is 0 Å². The zero-order valence-electron chi connectivity index (χ0n) is 14.4. The van der Waals surface area contributed by atoms with Crippen molar-refractivity contribution in [3.8, 4) is 5.75 Å². The number of hydrogen-bond acceptors (Lipinski definition) is 4. The maximum atomic E-state index is 12.3. The van der Waals surface area contributed by atoms with Crippen molar-refractivity contribution in [3.05, 3.63) is 52.4 Å². The predicted octanol–water partition coefficient (Wildman–Crippen LogP) is 3.42. The predicted molar refractivity (Wildman–Crippen MR) is 99.3 cm³/mol. The lowest BCUT2D eigenvalue weighted by Gasteiger charge is -2.21. The van der Waals surface area contributed by atoms with E-state index in [1.54, 1.807) is 24.3 Å². The second-order valence-corrected chi connectivity index (χ2v) is 6.79. The monoisotopic (exact) mass is 398 g/mol.